The van der Waals surface area contributed by atoms with Crippen molar-refractivity contribution in [1.29, 1.82) is 0 Å². The maximum atomic E-state index is 10.8. The van der Waals surface area contributed by atoms with Gasteiger partial charge in [-0.2, -0.15) is 0 Å². The molecule has 86 valence electrons. The number of hydrogen-bond donors (Lipinski definition) is 1. The van der Waals surface area contributed by atoms with Crippen LogP contribution in [0.15, 0.2) is 24.3 Å². The minimum Gasteiger partial charge on any atom is -0.478 e. The average Bonchev–Trinajstić information content (AvgIpc) is 2.19. The Morgan fingerprint density at radius 2 is 1.94 bits per heavy atom. The molecule has 4 nitrogen and oxygen atoms in total. The first kappa shape index (κ1) is 12.5. The van der Waals surface area contributed by atoms with Gasteiger partial charge in [-0.25, -0.2) is 4.79 Å². The van der Waals surface area contributed by atoms with E-state index in [0.29, 0.717) is 5.02 Å². The van der Waals surface area contributed by atoms with E-state index in [-0.39, 0.29) is 6.42 Å². The largest absolute Gasteiger partial charge is 0.478 e. The highest BCUT2D eigenvalue weighted by atomic mass is 35.5. The number of carboxylic acid groups (broad SMARTS) is 1. The summed E-state index contributed by atoms with van der Waals surface area (Å²) in [5, 5.41) is 9.41. The van der Waals surface area contributed by atoms with Crippen LogP contribution in [0.25, 0.3) is 0 Å². The summed E-state index contributed by atoms with van der Waals surface area (Å²) in [6.07, 6.45) is -1.02. The first-order chi connectivity index (χ1) is 7.49. The average molecular weight is 243 g/mol. The SMILES string of the molecule is CC(=O)OC(Cc1ccc(Cl)cc1)C(=O)O. The van der Waals surface area contributed by atoms with Gasteiger partial charge in [0.1, 0.15) is 0 Å². The third-order valence-corrected chi connectivity index (χ3v) is 2.17. The van der Waals surface area contributed by atoms with E-state index in [9.17, 15) is 9.59 Å². The monoisotopic (exact) mass is 242 g/mol. The normalized spacial score (nSPS) is 11.9. The van der Waals surface area contributed by atoms with Crippen molar-refractivity contribution < 1.29 is 19.4 Å². The third-order valence-electron chi connectivity index (χ3n) is 1.92. The van der Waals surface area contributed by atoms with E-state index in [1.165, 1.54) is 6.92 Å². The number of rotatable bonds is 4. The quantitative estimate of drug-likeness (QED) is 0.819. The fraction of sp³-hybridized carbons (Fsp3) is 0.273. The molecule has 1 rings (SSSR count). The molecule has 5 heteroatoms. The summed E-state index contributed by atoms with van der Waals surface area (Å²) < 4.78 is 4.67. The number of carbonyl (C=O) groups is 2. The second-order valence-corrected chi connectivity index (χ2v) is 3.70. The molecule has 0 aliphatic rings. The van der Waals surface area contributed by atoms with Gasteiger partial charge in [-0.1, -0.05) is 23.7 Å². The molecule has 0 spiro atoms. The van der Waals surface area contributed by atoms with Crippen molar-refractivity contribution in [2.45, 2.75) is 19.4 Å². The first-order valence-electron chi connectivity index (χ1n) is 4.63. The Bertz CT molecular complexity index is 385. The molecule has 1 N–H and O–H groups in total. The fourth-order valence-electron chi connectivity index (χ4n) is 1.21. The molecule has 0 aliphatic carbocycles. The van der Waals surface area contributed by atoms with Crippen LogP contribution in [-0.2, 0) is 20.7 Å². The predicted molar refractivity (Wildman–Crippen MR) is 58.3 cm³/mol. The minimum absolute atomic E-state index is 0.131. The van der Waals surface area contributed by atoms with E-state index in [0.717, 1.165) is 5.56 Å². The molecule has 0 saturated heterocycles. The highest BCUT2D eigenvalue weighted by Crippen LogP contribution is 2.12. The summed E-state index contributed by atoms with van der Waals surface area (Å²) in [7, 11) is 0. The van der Waals surface area contributed by atoms with Gasteiger partial charge < -0.3 is 9.84 Å². The topological polar surface area (TPSA) is 63.6 Å². The second kappa shape index (κ2) is 5.51. The lowest BCUT2D eigenvalue weighted by molar-refractivity contribution is -0.162. The molecule has 1 unspecified atom stereocenters. The Kier molecular flexibility index (Phi) is 4.31. The maximum absolute atomic E-state index is 10.8. The molecule has 1 aromatic rings. The van der Waals surface area contributed by atoms with Gasteiger partial charge in [0.2, 0.25) is 6.10 Å². The van der Waals surface area contributed by atoms with Crippen LogP contribution < -0.4 is 0 Å². The zero-order valence-electron chi connectivity index (χ0n) is 8.64. The van der Waals surface area contributed by atoms with Crippen LogP contribution in [0.3, 0.4) is 0 Å². The highest BCUT2D eigenvalue weighted by molar-refractivity contribution is 6.30. The van der Waals surface area contributed by atoms with Crippen molar-refractivity contribution in [3.63, 3.8) is 0 Å². The Morgan fingerprint density at radius 1 is 1.38 bits per heavy atom. The van der Waals surface area contributed by atoms with E-state index < -0.39 is 18.0 Å². The lowest BCUT2D eigenvalue weighted by atomic mass is 10.1. The predicted octanol–water partition coefficient (Wildman–Crippen LogP) is 1.90. The van der Waals surface area contributed by atoms with Crippen molar-refractivity contribution >= 4 is 23.5 Å². The van der Waals surface area contributed by atoms with Gasteiger partial charge in [-0.15, -0.1) is 0 Å². The zero-order valence-corrected chi connectivity index (χ0v) is 9.40. The number of aliphatic carboxylic acids is 1. The van der Waals surface area contributed by atoms with E-state index in [1.54, 1.807) is 24.3 Å². The molecule has 0 aromatic heterocycles. The van der Waals surface area contributed by atoms with E-state index >= 15 is 0 Å². The fourth-order valence-corrected chi connectivity index (χ4v) is 1.34. The van der Waals surface area contributed by atoms with Gasteiger partial charge in [0.15, 0.2) is 0 Å². The van der Waals surface area contributed by atoms with Crippen LogP contribution in [0.4, 0.5) is 0 Å². The molecule has 0 saturated carbocycles. The number of benzene rings is 1. The number of carbonyl (C=O) groups excluding carboxylic acids is 1. The van der Waals surface area contributed by atoms with Crippen LogP contribution in [0.2, 0.25) is 5.02 Å². The number of hydrogen-bond acceptors (Lipinski definition) is 3. The van der Waals surface area contributed by atoms with Gasteiger partial charge >= 0.3 is 11.9 Å². The van der Waals surface area contributed by atoms with E-state index in [1.807, 2.05) is 0 Å². The van der Waals surface area contributed by atoms with Crippen LogP contribution in [0.5, 0.6) is 0 Å². The second-order valence-electron chi connectivity index (χ2n) is 3.27. The molecular formula is C11H11ClO4. The van der Waals surface area contributed by atoms with E-state index in [2.05, 4.69) is 4.74 Å². The molecule has 0 amide bonds. The van der Waals surface area contributed by atoms with Gasteiger partial charge in [-0.05, 0) is 17.7 Å². The summed E-state index contributed by atoms with van der Waals surface area (Å²) in [4.78, 5) is 21.5. The molecule has 1 aromatic carbocycles. The molecule has 0 aliphatic heterocycles. The van der Waals surface area contributed by atoms with Crippen LogP contribution in [-0.4, -0.2) is 23.1 Å². The Hall–Kier alpha value is -1.55. The number of esters is 1. The van der Waals surface area contributed by atoms with Crippen LogP contribution in [0, 0.1) is 0 Å². The maximum Gasteiger partial charge on any atom is 0.345 e. The molecule has 0 bridgehead atoms. The summed E-state index contributed by atoms with van der Waals surface area (Å²) in [6, 6.07) is 6.71. The van der Waals surface area contributed by atoms with Gasteiger partial charge in [-0.3, -0.25) is 4.79 Å². The van der Waals surface area contributed by atoms with E-state index in [4.69, 9.17) is 16.7 Å². The van der Waals surface area contributed by atoms with Crippen molar-refractivity contribution in [3.8, 4) is 0 Å². The summed E-state index contributed by atoms with van der Waals surface area (Å²) in [5.41, 5.74) is 0.748. The summed E-state index contributed by atoms with van der Waals surface area (Å²) >= 11 is 5.69. The minimum atomic E-state index is -1.16. The lowest BCUT2D eigenvalue weighted by Gasteiger charge is -2.12. The Balaban J connectivity index is 2.71. The molecule has 1 atom stereocenters. The van der Waals surface area contributed by atoms with Crippen molar-refractivity contribution in [3.05, 3.63) is 34.9 Å². The molecule has 16 heavy (non-hydrogen) atoms. The number of carboxylic acids is 1. The zero-order chi connectivity index (χ0) is 12.1. The molecule has 0 heterocycles. The van der Waals surface area contributed by atoms with Crippen molar-refractivity contribution in [2.24, 2.45) is 0 Å². The standard InChI is InChI=1S/C11H11ClO4/c1-7(13)16-10(11(14)15)6-8-2-4-9(12)5-3-8/h2-5,10H,6H2,1H3,(H,14,15). The van der Waals surface area contributed by atoms with Crippen LogP contribution in [0.1, 0.15) is 12.5 Å². The summed E-state index contributed by atoms with van der Waals surface area (Å²) in [5.74, 6) is -1.77. The molecule has 0 fully saturated rings. The van der Waals surface area contributed by atoms with Crippen molar-refractivity contribution in [2.75, 3.05) is 0 Å². The highest BCUT2D eigenvalue weighted by Gasteiger charge is 2.20. The van der Waals surface area contributed by atoms with Gasteiger partial charge in [0.25, 0.3) is 0 Å². The Morgan fingerprint density at radius 3 is 2.38 bits per heavy atom. The third kappa shape index (κ3) is 3.90. The van der Waals surface area contributed by atoms with Gasteiger partial charge in [0.05, 0.1) is 0 Å². The summed E-state index contributed by atoms with van der Waals surface area (Å²) in [6.45, 7) is 1.18. The number of halogens is 1. The molecule has 0 radical (unpaired) electrons. The van der Waals surface area contributed by atoms with Crippen molar-refractivity contribution in [1.82, 2.24) is 0 Å². The number of ether oxygens (including phenoxy) is 1. The first-order valence-corrected chi connectivity index (χ1v) is 5.01. The van der Waals surface area contributed by atoms with Gasteiger partial charge in [0, 0.05) is 18.4 Å². The molecular weight excluding hydrogens is 232 g/mol. The Labute approximate surface area is 97.8 Å². The van der Waals surface area contributed by atoms with Crippen LogP contribution >= 0.6 is 11.6 Å². The smallest absolute Gasteiger partial charge is 0.345 e. The lowest BCUT2D eigenvalue weighted by Crippen LogP contribution is -2.28.